The van der Waals surface area contributed by atoms with Gasteiger partial charge >= 0.3 is 0 Å². The number of rotatable bonds is 8. The number of nitrogens with two attached hydrogens (primary N) is 1. The molecule has 2 aliphatic carbocycles. The standard InChI is InChI=1S/C30H28Cl2N2O5S/c1-17-4-2-7-25(31)27(17)28-23(29(39-34-28)18-8-9-18)16-38-21-10-11-24(26(32)13-21)30(35)14-20(15-30)19-5-3-6-22(12-19)40(33,36)37/h2-7,10-13,18,20,35H,8-9,14-16H2,1H3,(H2,33,36,37)/t20-,30+. The zero-order valence-corrected chi connectivity index (χ0v) is 24.1. The van der Waals surface area contributed by atoms with Gasteiger partial charge in [0, 0.05) is 17.0 Å². The molecule has 0 amide bonds. The number of primary sulfonamides is 1. The zero-order valence-electron chi connectivity index (χ0n) is 21.7. The highest BCUT2D eigenvalue weighted by molar-refractivity contribution is 7.89. The van der Waals surface area contributed by atoms with E-state index >= 15 is 0 Å². The van der Waals surface area contributed by atoms with Crippen LogP contribution in [0.3, 0.4) is 0 Å². The van der Waals surface area contributed by atoms with Gasteiger partial charge in [0.25, 0.3) is 0 Å². The van der Waals surface area contributed by atoms with Gasteiger partial charge in [0.2, 0.25) is 10.0 Å². The highest BCUT2D eigenvalue weighted by Gasteiger charge is 2.46. The van der Waals surface area contributed by atoms with E-state index in [-0.39, 0.29) is 17.4 Å². The smallest absolute Gasteiger partial charge is 0.238 e. The van der Waals surface area contributed by atoms with E-state index in [0.717, 1.165) is 40.9 Å². The van der Waals surface area contributed by atoms with Gasteiger partial charge in [-0.05, 0) is 80.0 Å². The van der Waals surface area contributed by atoms with Crippen molar-refractivity contribution in [3.05, 3.63) is 98.7 Å². The summed E-state index contributed by atoms with van der Waals surface area (Å²) in [6.07, 6.45) is 2.92. The molecule has 6 rings (SSSR count). The van der Waals surface area contributed by atoms with Crippen molar-refractivity contribution in [3.63, 3.8) is 0 Å². The molecule has 4 aromatic rings. The van der Waals surface area contributed by atoms with Crippen LogP contribution in [-0.4, -0.2) is 18.7 Å². The van der Waals surface area contributed by atoms with Gasteiger partial charge in [-0.15, -0.1) is 0 Å². The Hall–Kier alpha value is -2.88. The number of aryl methyl sites for hydroxylation is 1. The van der Waals surface area contributed by atoms with Crippen LogP contribution in [0.5, 0.6) is 5.75 Å². The summed E-state index contributed by atoms with van der Waals surface area (Å²) < 4.78 is 35.4. The highest BCUT2D eigenvalue weighted by atomic mass is 35.5. The number of benzene rings is 3. The van der Waals surface area contributed by atoms with Crippen molar-refractivity contribution in [1.82, 2.24) is 5.16 Å². The second-order valence-corrected chi connectivity index (χ2v) is 13.1. The number of aromatic nitrogens is 1. The first-order chi connectivity index (χ1) is 19.0. The summed E-state index contributed by atoms with van der Waals surface area (Å²) in [5.41, 5.74) is 3.70. The summed E-state index contributed by atoms with van der Waals surface area (Å²) in [6.45, 7) is 2.22. The normalized spacial score (nSPS) is 20.8. The third-order valence-corrected chi connectivity index (χ3v) is 9.42. The number of sulfonamides is 1. The van der Waals surface area contributed by atoms with E-state index in [4.69, 9.17) is 37.6 Å². The maximum absolute atomic E-state index is 11.7. The first-order valence-corrected chi connectivity index (χ1v) is 15.4. The fourth-order valence-electron chi connectivity index (χ4n) is 5.53. The minimum absolute atomic E-state index is 0.0141. The molecule has 0 saturated heterocycles. The molecular weight excluding hydrogens is 571 g/mol. The maximum atomic E-state index is 11.7. The Morgan fingerprint density at radius 1 is 1.05 bits per heavy atom. The van der Waals surface area contributed by atoms with Crippen LogP contribution >= 0.6 is 23.2 Å². The molecule has 0 unspecified atom stereocenters. The van der Waals surface area contributed by atoms with Gasteiger partial charge in [-0.1, -0.05) is 58.7 Å². The number of halogens is 2. The molecule has 2 fully saturated rings. The Morgan fingerprint density at radius 2 is 1.80 bits per heavy atom. The number of nitrogens with zero attached hydrogens (tertiary/aromatic N) is 1. The largest absolute Gasteiger partial charge is 0.489 e. The molecule has 1 aromatic heterocycles. The Labute approximate surface area is 242 Å². The van der Waals surface area contributed by atoms with E-state index < -0.39 is 15.6 Å². The molecular formula is C30H28Cl2N2O5S. The minimum Gasteiger partial charge on any atom is -0.489 e. The van der Waals surface area contributed by atoms with Gasteiger partial charge < -0.3 is 14.4 Å². The van der Waals surface area contributed by atoms with Gasteiger partial charge in [-0.2, -0.15) is 0 Å². The molecule has 10 heteroatoms. The Morgan fingerprint density at radius 3 is 2.48 bits per heavy atom. The number of ether oxygens (including phenoxy) is 1. The monoisotopic (exact) mass is 598 g/mol. The summed E-state index contributed by atoms with van der Waals surface area (Å²) in [5.74, 6) is 1.71. The van der Waals surface area contributed by atoms with Crippen molar-refractivity contribution in [1.29, 1.82) is 0 Å². The average Bonchev–Trinajstić information content (AvgIpc) is 3.65. The third kappa shape index (κ3) is 5.15. The van der Waals surface area contributed by atoms with Crippen molar-refractivity contribution in [2.75, 3.05) is 0 Å². The van der Waals surface area contributed by atoms with Gasteiger partial charge in [0.05, 0.1) is 26.1 Å². The predicted octanol–water partition coefficient (Wildman–Crippen LogP) is 6.83. The van der Waals surface area contributed by atoms with E-state index in [2.05, 4.69) is 5.16 Å². The lowest BCUT2D eigenvalue weighted by Gasteiger charge is -2.44. The molecule has 0 aliphatic heterocycles. The summed E-state index contributed by atoms with van der Waals surface area (Å²) >= 11 is 13.2. The summed E-state index contributed by atoms with van der Waals surface area (Å²) in [4.78, 5) is 0.0606. The molecule has 2 aliphatic rings. The molecule has 0 spiro atoms. The number of aliphatic hydroxyl groups is 1. The van der Waals surface area contributed by atoms with E-state index in [0.29, 0.717) is 45.8 Å². The molecule has 3 N–H and O–H groups in total. The minimum atomic E-state index is -3.80. The Balaban J connectivity index is 1.19. The molecule has 2 saturated carbocycles. The number of hydrogen-bond acceptors (Lipinski definition) is 6. The fourth-order valence-corrected chi connectivity index (χ4v) is 6.76. The van der Waals surface area contributed by atoms with Crippen molar-refractivity contribution in [2.45, 2.75) is 61.5 Å². The quantitative estimate of drug-likeness (QED) is 0.230. The van der Waals surface area contributed by atoms with Crippen LogP contribution in [0.1, 0.15) is 65.5 Å². The summed E-state index contributed by atoms with van der Waals surface area (Å²) in [7, 11) is -3.80. The average molecular weight is 600 g/mol. The topological polar surface area (TPSA) is 116 Å². The predicted molar refractivity (Wildman–Crippen MR) is 153 cm³/mol. The van der Waals surface area contributed by atoms with Crippen LogP contribution in [0.15, 0.2) is 70.1 Å². The van der Waals surface area contributed by atoms with Crippen molar-refractivity contribution in [2.24, 2.45) is 5.14 Å². The van der Waals surface area contributed by atoms with Crippen molar-refractivity contribution in [3.8, 4) is 17.0 Å². The van der Waals surface area contributed by atoms with Crippen LogP contribution in [0.25, 0.3) is 11.3 Å². The lowest BCUT2D eigenvalue weighted by molar-refractivity contribution is -0.0549. The first kappa shape index (κ1) is 27.3. The van der Waals surface area contributed by atoms with Crippen LogP contribution < -0.4 is 9.88 Å². The highest BCUT2D eigenvalue weighted by Crippen LogP contribution is 2.53. The molecule has 1 heterocycles. The lowest BCUT2D eigenvalue weighted by Crippen LogP contribution is -2.40. The molecule has 40 heavy (non-hydrogen) atoms. The fraction of sp³-hybridized carbons (Fsp3) is 0.300. The van der Waals surface area contributed by atoms with Gasteiger partial charge in [0.1, 0.15) is 23.8 Å². The molecule has 3 aromatic carbocycles. The Bertz CT molecular complexity index is 1690. The third-order valence-electron chi connectivity index (χ3n) is 7.88. The van der Waals surface area contributed by atoms with Crippen LogP contribution in [0, 0.1) is 6.92 Å². The molecule has 0 atom stereocenters. The van der Waals surface area contributed by atoms with E-state index in [1.165, 1.54) is 6.07 Å². The van der Waals surface area contributed by atoms with Gasteiger partial charge in [-0.25, -0.2) is 13.6 Å². The first-order valence-electron chi connectivity index (χ1n) is 13.1. The van der Waals surface area contributed by atoms with Crippen LogP contribution in [0.4, 0.5) is 0 Å². The second-order valence-electron chi connectivity index (χ2n) is 10.8. The number of hydrogen-bond donors (Lipinski definition) is 2. The maximum Gasteiger partial charge on any atom is 0.238 e. The molecule has 7 nitrogen and oxygen atoms in total. The SMILES string of the molecule is Cc1cccc(Cl)c1-c1noc(C2CC2)c1COc1ccc([C@]2(O)C[C@@H](c3cccc(S(N)(=O)=O)c3)C2)c(Cl)c1. The second kappa shape index (κ2) is 10.2. The zero-order chi connectivity index (χ0) is 28.2. The van der Waals surface area contributed by atoms with Crippen LogP contribution in [0.2, 0.25) is 10.0 Å². The molecule has 0 bridgehead atoms. The van der Waals surface area contributed by atoms with Gasteiger partial charge in [-0.3, -0.25) is 0 Å². The van der Waals surface area contributed by atoms with E-state index in [1.54, 1.807) is 30.3 Å². The van der Waals surface area contributed by atoms with Crippen LogP contribution in [-0.2, 0) is 22.2 Å². The van der Waals surface area contributed by atoms with E-state index in [9.17, 15) is 13.5 Å². The van der Waals surface area contributed by atoms with Crippen molar-refractivity contribution >= 4 is 33.2 Å². The van der Waals surface area contributed by atoms with Crippen molar-refractivity contribution < 1.29 is 22.8 Å². The summed E-state index contributed by atoms with van der Waals surface area (Å²) in [6, 6.07) is 17.5. The lowest BCUT2D eigenvalue weighted by atomic mass is 9.65. The summed E-state index contributed by atoms with van der Waals surface area (Å²) in [5, 5.41) is 22.0. The van der Waals surface area contributed by atoms with E-state index in [1.807, 2.05) is 31.2 Å². The Kier molecular flexibility index (Phi) is 6.95. The molecule has 208 valence electrons. The molecule has 0 radical (unpaired) electrons. The van der Waals surface area contributed by atoms with Gasteiger partial charge in [0.15, 0.2) is 0 Å².